The van der Waals surface area contributed by atoms with E-state index in [1.807, 2.05) is 0 Å². The molecule has 0 aliphatic rings. The first-order valence-electron chi connectivity index (χ1n) is 8.97. The minimum absolute atomic E-state index is 0.0232. The van der Waals surface area contributed by atoms with Crippen molar-refractivity contribution in [2.75, 3.05) is 5.32 Å². The van der Waals surface area contributed by atoms with Gasteiger partial charge in [-0.05, 0) is 32.0 Å². The topological polar surface area (TPSA) is 107 Å². The highest BCUT2D eigenvalue weighted by Crippen LogP contribution is 2.28. The van der Waals surface area contributed by atoms with E-state index >= 15 is 0 Å². The van der Waals surface area contributed by atoms with Gasteiger partial charge in [-0.1, -0.05) is 0 Å². The van der Waals surface area contributed by atoms with Crippen molar-refractivity contribution in [1.82, 2.24) is 24.9 Å². The number of alkyl halides is 3. The third-order valence-corrected chi connectivity index (χ3v) is 4.14. The monoisotopic (exact) mass is 424 g/mol. The molecular formula is C18H19F3N6O3. The van der Waals surface area contributed by atoms with Crippen LogP contribution in [0.1, 0.15) is 34.6 Å². The van der Waals surface area contributed by atoms with Crippen molar-refractivity contribution in [2.24, 2.45) is 0 Å². The van der Waals surface area contributed by atoms with Gasteiger partial charge in [0.15, 0.2) is 11.4 Å². The Labute approximate surface area is 168 Å². The highest BCUT2D eigenvalue weighted by Gasteiger charge is 2.34. The normalized spacial score (nSPS) is 11.5. The Morgan fingerprint density at radius 1 is 1.27 bits per heavy atom. The van der Waals surface area contributed by atoms with Crippen LogP contribution >= 0.6 is 0 Å². The Bertz CT molecular complexity index is 1040. The van der Waals surface area contributed by atoms with Gasteiger partial charge in [0.25, 0.3) is 5.91 Å². The van der Waals surface area contributed by atoms with Crippen molar-refractivity contribution in [3.63, 3.8) is 0 Å². The standard InChI is InChI=1S/C18H19F3N6O3/c1-3-26-9-13(16(25-26)17(29)22-8-12-5-4-6-30-12)23-15(28)10-27-11(2)7-14(24-27)18(19,20)21/h4-7,9H,3,8,10H2,1-2H3,(H,22,29)(H,23,28). The van der Waals surface area contributed by atoms with E-state index in [0.717, 1.165) is 10.7 Å². The predicted molar refractivity (Wildman–Crippen MR) is 98.4 cm³/mol. The summed E-state index contributed by atoms with van der Waals surface area (Å²) in [5.41, 5.74) is -0.785. The fourth-order valence-electron chi connectivity index (χ4n) is 2.64. The fraction of sp³-hybridized carbons (Fsp3) is 0.333. The largest absolute Gasteiger partial charge is 0.467 e. The third kappa shape index (κ3) is 4.88. The van der Waals surface area contributed by atoms with E-state index in [4.69, 9.17) is 4.42 Å². The number of anilines is 1. The van der Waals surface area contributed by atoms with Gasteiger partial charge in [-0.3, -0.25) is 19.0 Å². The number of aromatic nitrogens is 4. The molecule has 2 N–H and O–H groups in total. The van der Waals surface area contributed by atoms with Crippen molar-refractivity contribution in [1.29, 1.82) is 0 Å². The van der Waals surface area contributed by atoms with Crippen LogP contribution in [-0.4, -0.2) is 31.4 Å². The quantitative estimate of drug-likeness (QED) is 0.606. The molecule has 30 heavy (non-hydrogen) atoms. The Morgan fingerprint density at radius 2 is 2.03 bits per heavy atom. The van der Waals surface area contributed by atoms with Crippen LogP contribution in [0, 0.1) is 6.92 Å². The summed E-state index contributed by atoms with van der Waals surface area (Å²) in [6.07, 6.45) is -1.66. The van der Waals surface area contributed by atoms with E-state index < -0.39 is 30.2 Å². The van der Waals surface area contributed by atoms with E-state index in [9.17, 15) is 22.8 Å². The minimum atomic E-state index is -4.60. The van der Waals surface area contributed by atoms with Crippen molar-refractivity contribution in [3.05, 3.63) is 53.5 Å². The molecule has 3 rings (SSSR count). The molecule has 3 aromatic rings. The molecule has 0 bridgehead atoms. The van der Waals surface area contributed by atoms with Crippen LogP contribution < -0.4 is 10.6 Å². The number of hydrogen-bond acceptors (Lipinski definition) is 5. The second-order valence-electron chi connectivity index (χ2n) is 6.38. The number of carbonyl (C=O) groups excluding carboxylic acids is 2. The second-order valence-corrected chi connectivity index (χ2v) is 6.38. The summed E-state index contributed by atoms with van der Waals surface area (Å²) in [4.78, 5) is 24.8. The van der Waals surface area contributed by atoms with Crippen LogP contribution in [0.4, 0.5) is 18.9 Å². The fourth-order valence-corrected chi connectivity index (χ4v) is 2.64. The highest BCUT2D eigenvalue weighted by atomic mass is 19.4. The molecule has 0 spiro atoms. The molecule has 0 saturated heterocycles. The highest BCUT2D eigenvalue weighted by molar-refractivity contribution is 6.02. The molecule has 3 aromatic heterocycles. The number of carbonyl (C=O) groups is 2. The van der Waals surface area contributed by atoms with Crippen LogP contribution in [0.3, 0.4) is 0 Å². The molecule has 0 saturated carbocycles. The molecule has 160 valence electrons. The maximum atomic E-state index is 12.8. The number of halogens is 3. The van der Waals surface area contributed by atoms with Gasteiger partial charge in [-0.15, -0.1) is 0 Å². The number of aryl methyl sites for hydroxylation is 2. The molecule has 9 nitrogen and oxygen atoms in total. The Morgan fingerprint density at radius 3 is 2.63 bits per heavy atom. The van der Waals surface area contributed by atoms with Gasteiger partial charge in [0.05, 0.1) is 18.5 Å². The molecule has 2 amide bonds. The molecule has 0 unspecified atom stereocenters. The zero-order valence-corrected chi connectivity index (χ0v) is 16.2. The first kappa shape index (κ1) is 21.1. The Balaban J connectivity index is 1.71. The van der Waals surface area contributed by atoms with Gasteiger partial charge >= 0.3 is 6.18 Å². The molecule has 12 heteroatoms. The lowest BCUT2D eigenvalue weighted by Gasteiger charge is -2.07. The number of amides is 2. The summed E-state index contributed by atoms with van der Waals surface area (Å²) in [5, 5.41) is 12.7. The smallest absolute Gasteiger partial charge is 0.435 e. The van der Waals surface area contributed by atoms with Crippen molar-refractivity contribution < 1.29 is 27.2 Å². The molecule has 0 fully saturated rings. The summed E-state index contributed by atoms with van der Waals surface area (Å²) in [7, 11) is 0. The summed E-state index contributed by atoms with van der Waals surface area (Å²) in [6.45, 7) is 3.34. The predicted octanol–water partition coefficient (Wildman–Crippen LogP) is 2.59. The summed E-state index contributed by atoms with van der Waals surface area (Å²) in [6, 6.07) is 4.23. The molecule has 0 aliphatic carbocycles. The van der Waals surface area contributed by atoms with Gasteiger partial charge in [0.2, 0.25) is 5.91 Å². The van der Waals surface area contributed by atoms with Gasteiger partial charge in [-0.25, -0.2) is 0 Å². The number of furan rings is 1. The van der Waals surface area contributed by atoms with E-state index in [2.05, 4.69) is 20.8 Å². The van der Waals surface area contributed by atoms with Crippen molar-refractivity contribution in [3.8, 4) is 0 Å². The first-order chi connectivity index (χ1) is 14.2. The summed E-state index contributed by atoms with van der Waals surface area (Å²) >= 11 is 0. The summed E-state index contributed by atoms with van der Waals surface area (Å²) < 4.78 is 45.9. The Kier molecular flexibility index (Phi) is 5.94. The van der Waals surface area contributed by atoms with Gasteiger partial charge in [-0.2, -0.15) is 23.4 Å². The molecular weight excluding hydrogens is 405 g/mol. The van der Waals surface area contributed by atoms with Crippen LogP contribution in [0.5, 0.6) is 0 Å². The van der Waals surface area contributed by atoms with Crippen LogP contribution in [0.2, 0.25) is 0 Å². The molecule has 0 aromatic carbocycles. The molecule has 3 heterocycles. The minimum Gasteiger partial charge on any atom is -0.467 e. The Hall–Kier alpha value is -3.57. The second kappa shape index (κ2) is 8.43. The average molecular weight is 424 g/mol. The molecule has 0 atom stereocenters. The number of rotatable bonds is 7. The van der Waals surface area contributed by atoms with E-state index in [1.54, 1.807) is 19.1 Å². The van der Waals surface area contributed by atoms with E-state index in [-0.39, 0.29) is 23.6 Å². The van der Waals surface area contributed by atoms with Gasteiger partial charge in [0.1, 0.15) is 12.3 Å². The lowest BCUT2D eigenvalue weighted by molar-refractivity contribution is -0.141. The van der Waals surface area contributed by atoms with Crippen molar-refractivity contribution in [2.45, 2.75) is 39.7 Å². The average Bonchev–Trinajstić information content (AvgIpc) is 3.40. The first-order valence-corrected chi connectivity index (χ1v) is 8.97. The van der Waals surface area contributed by atoms with Crippen LogP contribution in [-0.2, 0) is 30.6 Å². The summed E-state index contributed by atoms with van der Waals surface area (Å²) in [5.74, 6) is -0.646. The maximum Gasteiger partial charge on any atom is 0.435 e. The zero-order valence-electron chi connectivity index (χ0n) is 16.2. The molecule has 0 aliphatic heterocycles. The van der Waals surface area contributed by atoms with Crippen LogP contribution in [0.25, 0.3) is 0 Å². The number of nitrogens with zero attached hydrogens (tertiary/aromatic N) is 4. The van der Waals surface area contributed by atoms with Gasteiger partial charge in [0, 0.05) is 18.4 Å². The third-order valence-electron chi connectivity index (χ3n) is 4.14. The van der Waals surface area contributed by atoms with E-state index in [0.29, 0.717) is 12.3 Å². The lowest BCUT2D eigenvalue weighted by atomic mass is 10.3. The molecule has 0 radical (unpaired) electrons. The maximum absolute atomic E-state index is 12.8. The number of hydrogen-bond donors (Lipinski definition) is 2. The van der Waals surface area contributed by atoms with Crippen LogP contribution in [0.15, 0.2) is 35.1 Å². The van der Waals surface area contributed by atoms with Gasteiger partial charge < -0.3 is 15.1 Å². The SMILES string of the molecule is CCn1cc(NC(=O)Cn2nc(C(F)(F)F)cc2C)c(C(=O)NCc2ccco2)n1. The number of nitrogens with one attached hydrogen (secondary N) is 2. The zero-order chi connectivity index (χ0) is 21.9. The lowest BCUT2D eigenvalue weighted by Crippen LogP contribution is -2.26. The van der Waals surface area contributed by atoms with Crippen molar-refractivity contribution >= 4 is 17.5 Å². The van der Waals surface area contributed by atoms with E-state index in [1.165, 1.54) is 24.1 Å².